The lowest BCUT2D eigenvalue weighted by Crippen LogP contribution is -2.54. The topological polar surface area (TPSA) is 185 Å². The van der Waals surface area contributed by atoms with Gasteiger partial charge < -0.3 is 32.3 Å². The lowest BCUT2D eigenvalue weighted by molar-refractivity contribution is -0.140. The summed E-state index contributed by atoms with van der Waals surface area (Å²) < 4.78 is 0. The molecule has 1 aliphatic heterocycles. The molecule has 3 atom stereocenters. The Kier molecular flexibility index (Phi) is 12.8. The van der Waals surface area contributed by atoms with Crippen LogP contribution in [-0.4, -0.2) is 84.2 Å². The van der Waals surface area contributed by atoms with Crippen molar-refractivity contribution in [2.75, 3.05) is 26.7 Å². The van der Waals surface area contributed by atoms with Crippen molar-refractivity contribution in [1.82, 2.24) is 25.8 Å². The smallest absolute Gasteiger partial charge is 0.270 e. The minimum atomic E-state index is -0.941. The number of guanidine groups is 1. The predicted octanol–water partition coefficient (Wildman–Crippen LogP) is 1.66. The van der Waals surface area contributed by atoms with Gasteiger partial charge in [0.15, 0.2) is 11.0 Å². The van der Waals surface area contributed by atoms with E-state index in [-0.39, 0.29) is 41.4 Å². The van der Waals surface area contributed by atoms with Gasteiger partial charge in [-0.3, -0.25) is 24.2 Å². The Hall–Kier alpha value is -4.62. The van der Waals surface area contributed by atoms with Crippen LogP contribution in [0, 0.1) is 0 Å². The van der Waals surface area contributed by atoms with Gasteiger partial charge in [-0.05, 0) is 56.7 Å². The van der Waals surface area contributed by atoms with Gasteiger partial charge in [0.05, 0.1) is 12.1 Å². The molecule has 1 aromatic heterocycles. The standard InChI is InChI=1S/C33H42N8O4S/c1-36-25(20-23-12-6-3-7-13-23)32(45)41-19-9-15-27(41)30(44)39-24(14-8-17-38-33(34)35)28(42)31-40-26(21-46-31)29(43)37-18-16-22-10-4-2-5-11-22/h2-7,10-13,21,24-25,27,36H,8-9,14-20H2,1H3,(H,37,43)(H,39,44)(H4,34,35,38)/t24-,25+,27-/m0/s1. The molecule has 13 heteroatoms. The second-order valence-corrected chi connectivity index (χ2v) is 12.0. The van der Waals surface area contributed by atoms with Gasteiger partial charge >= 0.3 is 0 Å². The van der Waals surface area contributed by atoms with Gasteiger partial charge in [-0.15, -0.1) is 11.3 Å². The number of Topliss-reactive ketones (excluding diaryl/α,β-unsaturated/α-hetero) is 1. The van der Waals surface area contributed by atoms with Gasteiger partial charge in [0.1, 0.15) is 11.7 Å². The van der Waals surface area contributed by atoms with Gasteiger partial charge in [-0.1, -0.05) is 60.7 Å². The predicted molar refractivity (Wildman–Crippen MR) is 178 cm³/mol. The third-order valence-electron chi connectivity index (χ3n) is 7.84. The van der Waals surface area contributed by atoms with Gasteiger partial charge in [-0.2, -0.15) is 0 Å². The Morgan fingerprint density at radius 2 is 1.72 bits per heavy atom. The van der Waals surface area contributed by atoms with Crippen molar-refractivity contribution in [3.05, 3.63) is 87.9 Å². The van der Waals surface area contributed by atoms with Crippen molar-refractivity contribution in [2.45, 2.75) is 56.7 Å². The first-order valence-corrected chi connectivity index (χ1v) is 16.3. The summed E-state index contributed by atoms with van der Waals surface area (Å²) in [4.78, 5) is 63.5. The number of carbonyl (C=O) groups is 4. The highest BCUT2D eigenvalue weighted by Crippen LogP contribution is 2.21. The molecule has 244 valence electrons. The van der Waals surface area contributed by atoms with Gasteiger partial charge in [0.2, 0.25) is 17.6 Å². The Morgan fingerprint density at radius 3 is 2.39 bits per heavy atom. The molecule has 4 rings (SSSR count). The summed E-state index contributed by atoms with van der Waals surface area (Å²) in [6, 6.07) is 17.3. The van der Waals surface area contributed by atoms with Crippen LogP contribution in [0.1, 0.15) is 57.1 Å². The number of aliphatic imine (C=N–C) groups is 1. The zero-order valence-corrected chi connectivity index (χ0v) is 26.8. The largest absolute Gasteiger partial charge is 0.370 e. The van der Waals surface area contributed by atoms with Crippen molar-refractivity contribution in [2.24, 2.45) is 16.5 Å². The molecule has 46 heavy (non-hydrogen) atoms. The zero-order valence-electron chi connectivity index (χ0n) is 26.0. The molecule has 1 fully saturated rings. The minimum Gasteiger partial charge on any atom is -0.370 e. The number of carbonyl (C=O) groups excluding carboxylic acids is 4. The maximum Gasteiger partial charge on any atom is 0.270 e. The number of hydrogen-bond donors (Lipinski definition) is 5. The average Bonchev–Trinajstić information content (AvgIpc) is 3.76. The van der Waals surface area contributed by atoms with E-state index in [9.17, 15) is 19.2 Å². The molecule has 2 aromatic carbocycles. The summed E-state index contributed by atoms with van der Waals surface area (Å²) in [7, 11) is 1.73. The number of nitrogens with zero attached hydrogens (tertiary/aromatic N) is 3. The van der Waals surface area contributed by atoms with Gasteiger partial charge in [-0.25, -0.2) is 4.98 Å². The fourth-order valence-corrected chi connectivity index (χ4v) is 6.19. The van der Waals surface area contributed by atoms with Gasteiger partial charge in [0, 0.05) is 25.0 Å². The van der Waals surface area contributed by atoms with Crippen molar-refractivity contribution >= 4 is 40.8 Å². The number of aromatic nitrogens is 1. The molecule has 3 amide bonds. The number of rotatable bonds is 16. The fraction of sp³-hybridized carbons (Fsp3) is 0.394. The lowest BCUT2D eigenvalue weighted by atomic mass is 10.0. The highest BCUT2D eigenvalue weighted by Gasteiger charge is 2.38. The molecular weight excluding hydrogens is 604 g/mol. The van der Waals surface area contributed by atoms with Crippen LogP contribution in [0.5, 0.6) is 0 Å². The Balaban J connectivity index is 1.41. The molecule has 0 aliphatic carbocycles. The molecule has 0 saturated carbocycles. The van der Waals surface area contributed by atoms with Crippen LogP contribution < -0.4 is 27.4 Å². The van der Waals surface area contributed by atoms with Crippen LogP contribution in [0.4, 0.5) is 0 Å². The van der Waals surface area contributed by atoms with E-state index in [4.69, 9.17) is 11.5 Å². The summed E-state index contributed by atoms with van der Waals surface area (Å²) in [6.45, 7) is 1.14. The van der Waals surface area contributed by atoms with Crippen LogP contribution >= 0.6 is 11.3 Å². The van der Waals surface area contributed by atoms with Crippen molar-refractivity contribution < 1.29 is 19.2 Å². The van der Waals surface area contributed by atoms with Crippen molar-refractivity contribution in [3.63, 3.8) is 0 Å². The number of nitrogens with one attached hydrogen (secondary N) is 3. The summed E-state index contributed by atoms with van der Waals surface area (Å²) in [5.74, 6) is -1.43. The average molecular weight is 647 g/mol. The van der Waals surface area contributed by atoms with Crippen LogP contribution in [0.2, 0.25) is 0 Å². The van der Waals surface area contributed by atoms with E-state index < -0.39 is 29.8 Å². The Labute approximate surface area is 273 Å². The van der Waals surface area contributed by atoms with E-state index in [2.05, 4.69) is 25.9 Å². The van der Waals surface area contributed by atoms with Crippen LogP contribution in [0.3, 0.4) is 0 Å². The fourth-order valence-electron chi connectivity index (χ4n) is 5.40. The number of amides is 3. The van der Waals surface area contributed by atoms with E-state index in [0.717, 1.165) is 22.5 Å². The zero-order chi connectivity index (χ0) is 32.9. The highest BCUT2D eigenvalue weighted by atomic mass is 32.1. The first kappa shape index (κ1) is 34.3. The molecule has 1 saturated heterocycles. The van der Waals surface area contributed by atoms with E-state index in [0.29, 0.717) is 45.2 Å². The maximum atomic E-state index is 13.7. The van der Waals surface area contributed by atoms with E-state index >= 15 is 0 Å². The number of thiazole rings is 1. The van der Waals surface area contributed by atoms with Crippen LogP contribution in [0.15, 0.2) is 71.0 Å². The van der Waals surface area contributed by atoms with Crippen molar-refractivity contribution in [3.8, 4) is 0 Å². The molecule has 12 nitrogen and oxygen atoms in total. The van der Waals surface area contributed by atoms with Crippen LogP contribution in [-0.2, 0) is 22.4 Å². The number of benzene rings is 2. The molecule has 0 unspecified atom stereocenters. The highest BCUT2D eigenvalue weighted by molar-refractivity contribution is 7.12. The number of hydrogen-bond acceptors (Lipinski definition) is 8. The summed E-state index contributed by atoms with van der Waals surface area (Å²) >= 11 is 1.05. The molecule has 3 aromatic rings. The summed E-state index contributed by atoms with van der Waals surface area (Å²) in [5.41, 5.74) is 13.1. The lowest BCUT2D eigenvalue weighted by Gasteiger charge is -2.29. The number of likely N-dealkylation sites (tertiary alicyclic amines) is 1. The molecular formula is C33H42N8O4S. The van der Waals surface area contributed by atoms with E-state index in [1.807, 2.05) is 60.7 Å². The monoisotopic (exact) mass is 646 g/mol. The second kappa shape index (κ2) is 17.2. The summed E-state index contributed by atoms with van der Waals surface area (Å²) in [6.07, 6.45) is 2.96. The Bertz CT molecular complexity index is 1490. The maximum absolute atomic E-state index is 13.7. The van der Waals surface area contributed by atoms with Crippen molar-refractivity contribution in [1.29, 1.82) is 0 Å². The Morgan fingerprint density at radius 1 is 1.02 bits per heavy atom. The normalized spacial score (nSPS) is 15.5. The summed E-state index contributed by atoms with van der Waals surface area (Å²) in [5, 5.41) is 10.5. The number of likely N-dealkylation sites (N-methyl/N-ethyl adjacent to an activating group) is 1. The second-order valence-electron chi connectivity index (χ2n) is 11.1. The third-order valence-corrected chi connectivity index (χ3v) is 8.69. The molecule has 2 heterocycles. The van der Waals surface area contributed by atoms with E-state index in [1.54, 1.807) is 11.9 Å². The van der Waals surface area contributed by atoms with Gasteiger partial charge in [0.25, 0.3) is 5.91 Å². The quantitative estimate of drug-likeness (QED) is 0.0673. The molecule has 0 spiro atoms. The molecule has 7 N–H and O–H groups in total. The van der Waals surface area contributed by atoms with Crippen LogP contribution in [0.25, 0.3) is 0 Å². The third kappa shape index (κ3) is 9.69. The molecule has 0 radical (unpaired) electrons. The molecule has 1 aliphatic rings. The molecule has 0 bridgehead atoms. The SMILES string of the molecule is CN[C@H](Cc1ccccc1)C(=O)N1CCC[C@H]1C(=O)N[C@@H](CCCN=C(N)N)C(=O)c1nc(C(=O)NCCc2ccccc2)cs1. The number of ketones is 1. The number of nitrogens with two attached hydrogens (primary N) is 2. The first-order valence-electron chi connectivity index (χ1n) is 15.5. The van der Waals surface area contributed by atoms with E-state index in [1.165, 1.54) is 5.38 Å². The first-order chi connectivity index (χ1) is 22.3. The minimum absolute atomic E-state index is 0.0653.